The molecule has 0 aromatic carbocycles. The van der Waals surface area contributed by atoms with E-state index in [4.69, 9.17) is 9.47 Å². The summed E-state index contributed by atoms with van der Waals surface area (Å²) in [5, 5.41) is 3.40. The summed E-state index contributed by atoms with van der Waals surface area (Å²) >= 11 is 0. The highest BCUT2D eigenvalue weighted by Crippen LogP contribution is 2.18. The van der Waals surface area contributed by atoms with Gasteiger partial charge in [-0.1, -0.05) is 0 Å². The van der Waals surface area contributed by atoms with Crippen molar-refractivity contribution in [1.82, 2.24) is 9.62 Å². The minimum atomic E-state index is -3.26. The Bertz CT molecular complexity index is 371. The Hall–Kier alpha value is -0.210. The zero-order valence-corrected chi connectivity index (χ0v) is 14.3. The van der Waals surface area contributed by atoms with E-state index < -0.39 is 10.0 Å². The summed E-state index contributed by atoms with van der Waals surface area (Å²) in [4.78, 5) is 0. The second kappa shape index (κ2) is 9.74. The Balaban J connectivity index is 2.39. The van der Waals surface area contributed by atoms with Crippen LogP contribution in [0.4, 0.5) is 0 Å². The molecule has 1 unspecified atom stereocenters. The first-order valence-electron chi connectivity index (χ1n) is 7.72. The molecule has 6 nitrogen and oxygen atoms in total. The van der Waals surface area contributed by atoms with Crippen molar-refractivity contribution in [2.24, 2.45) is 0 Å². The number of hydrogen-bond donors (Lipinski definition) is 1. The van der Waals surface area contributed by atoms with Crippen LogP contribution in [-0.4, -0.2) is 71.1 Å². The first-order chi connectivity index (χ1) is 10.0. The number of methoxy groups -OCH3 is 2. The predicted molar refractivity (Wildman–Crippen MR) is 84.0 cm³/mol. The number of nitrogens with one attached hydrogen (secondary N) is 1. The van der Waals surface area contributed by atoms with E-state index in [-0.39, 0.29) is 11.8 Å². The highest BCUT2D eigenvalue weighted by atomic mass is 32.2. The van der Waals surface area contributed by atoms with Crippen LogP contribution in [0.2, 0.25) is 0 Å². The molecule has 1 atom stereocenters. The SMILES string of the molecule is COCCN(C(C)COC)S(=O)(=O)CCCCNC1CC1. The van der Waals surface area contributed by atoms with Gasteiger partial charge in [0, 0.05) is 32.8 Å². The molecular weight excluding hydrogens is 292 g/mol. The van der Waals surface area contributed by atoms with Gasteiger partial charge in [0.1, 0.15) is 0 Å². The summed E-state index contributed by atoms with van der Waals surface area (Å²) in [7, 11) is -0.0924. The summed E-state index contributed by atoms with van der Waals surface area (Å²) in [6.07, 6.45) is 4.10. The van der Waals surface area contributed by atoms with Gasteiger partial charge < -0.3 is 14.8 Å². The zero-order valence-electron chi connectivity index (χ0n) is 13.5. The minimum Gasteiger partial charge on any atom is -0.383 e. The summed E-state index contributed by atoms with van der Waals surface area (Å²) in [5.41, 5.74) is 0. The van der Waals surface area contributed by atoms with Gasteiger partial charge in [-0.15, -0.1) is 0 Å². The van der Waals surface area contributed by atoms with Gasteiger partial charge in [-0.05, 0) is 39.2 Å². The van der Waals surface area contributed by atoms with E-state index in [1.54, 1.807) is 14.2 Å². The van der Waals surface area contributed by atoms with Gasteiger partial charge in [-0.3, -0.25) is 0 Å². The molecule has 0 heterocycles. The molecule has 0 bridgehead atoms. The molecule has 1 aliphatic carbocycles. The zero-order chi connectivity index (χ0) is 15.7. The number of nitrogens with zero attached hydrogens (tertiary/aromatic N) is 1. The molecule has 1 fully saturated rings. The normalized spacial score (nSPS) is 17.3. The van der Waals surface area contributed by atoms with Crippen LogP contribution in [0.25, 0.3) is 0 Å². The summed E-state index contributed by atoms with van der Waals surface area (Å²) in [5.74, 6) is 0.192. The fourth-order valence-corrected chi connectivity index (χ4v) is 4.02. The second-order valence-corrected chi connectivity index (χ2v) is 7.70. The van der Waals surface area contributed by atoms with Crippen LogP contribution in [-0.2, 0) is 19.5 Å². The van der Waals surface area contributed by atoms with Gasteiger partial charge in [0.15, 0.2) is 0 Å². The molecule has 0 aromatic heterocycles. The van der Waals surface area contributed by atoms with Crippen molar-refractivity contribution in [1.29, 1.82) is 0 Å². The first kappa shape index (κ1) is 18.8. The molecule has 0 saturated heterocycles. The third kappa shape index (κ3) is 7.56. The maximum atomic E-state index is 12.5. The molecule has 1 aliphatic rings. The van der Waals surface area contributed by atoms with Gasteiger partial charge in [0.2, 0.25) is 10.0 Å². The molecule has 126 valence electrons. The van der Waals surface area contributed by atoms with Crippen molar-refractivity contribution in [3.63, 3.8) is 0 Å². The highest BCUT2D eigenvalue weighted by molar-refractivity contribution is 7.89. The van der Waals surface area contributed by atoms with E-state index in [1.807, 2.05) is 6.92 Å². The largest absolute Gasteiger partial charge is 0.383 e. The van der Waals surface area contributed by atoms with Crippen molar-refractivity contribution in [2.45, 2.75) is 44.7 Å². The van der Waals surface area contributed by atoms with Gasteiger partial charge in [0.25, 0.3) is 0 Å². The Morgan fingerprint density at radius 2 is 1.95 bits per heavy atom. The number of rotatable bonds is 13. The summed E-state index contributed by atoms with van der Waals surface area (Å²) in [6, 6.07) is 0.515. The third-order valence-electron chi connectivity index (χ3n) is 3.61. The molecule has 21 heavy (non-hydrogen) atoms. The lowest BCUT2D eigenvalue weighted by Crippen LogP contribution is -2.44. The van der Waals surface area contributed by atoms with Crippen LogP contribution in [0, 0.1) is 0 Å². The quantitative estimate of drug-likeness (QED) is 0.509. The molecule has 0 amide bonds. The molecule has 1 N–H and O–H groups in total. The molecule has 1 rings (SSSR count). The van der Waals surface area contributed by atoms with Crippen molar-refractivity contribution < 1.29 is 17.9 Å². The molecule has 0 spiro atoms. The van der Waals surface area contributed by atoms with Gasteiger partial charge in [-0.2, -0.15) is 4.31 Å². The maximum Gasteiger partial charge on any atom is 0.214 e. The first-order valence-corrected chi connectivity index (χ1v) is 9.33. The van der Waals surface area contributed by atoms with Crippen LogP contribution in [0.5, 0.6) is 0 Å². The van der Waals surface area contributed by atoms with Crippen molar-refractivity contribution >= 4 is 10.0 Å². The van der Waals surface area contributed by atoms with E-state index in [2.05, 4.69) is 5.32 Å². The van der Waals surface area contributed by atoms with E-state index >= 15 is 0 Å². The topological polar surface area (TPSA) is 67.9 Å². The molecule has 7 heteroatoms. The van der Waals surface area contributed by atoms with E-state index in [0.29, 0.717) is 32.2 Å². The molecule has 1 saturated carbocycles. The average Bonchev–Trinajstić information content (AvgIpc) is 3.23. The third-order valence-corrected chi connectivity index (χ3v) is 5.67. The van der Waals surface area contributed by atoms with E-state index in [0.717, 1.165) is 13.0 Å². The van der Waals surface area contributed by atoms with Crippen LogP contribution >= 0.6 is 0 Å². The number of ether oxygens (including phenoxy) is 2. The Morgan fingerprint density at radius 1 is 1.24 bits per heavy atom. The van der Waals surface area contributed by atoms with Crippen LogP contribution in [0.3, 0.4) is 0 Å². The van der Waals surface area contributed by atoms with Crippen LogP contribution < -0.4 is 5.32 Å². The maximum absolute atomic E-state index is 12.5. The second-order valence-electron chi connectivity index (χ2n) is 5.66. The lowest BCUT2D eigenvalue weighted by atomic mass is 10.3. The minimum absolute atomic E-state index is 0.167. The molecule has 0 aliphatic heterocycles. The summed E-state index contributed by atoms with van der Waals surface area (Å²) < 4.78 is 36.5. The molecular formula is C14H30N2O4S. The van der Waals surface area contributed by atoms with E-state index in [9.17, 15) is 8.42 Å². The van der Waals surface area contributed by atoms with Gasteiger partial charge in [0.05, 0.1) is 19.0 Å². The Labute approximate surface area is 129 Å². The monoisotopic (exact) mass is 322 g/mol. The van der Waals surface area contributed by atoms with Gasteiger partial charge in [-0.25, -0.2) is 8.42 Å². The van der Waals surface area contributed by atoms with Crippen LogP contribution in [0.15, 0.2) is 0 Å². The number of hydrogen-bond acceptors (Lipinski definition) is 5. The summed E-state index contributed by atoms with van der Waals surface area (Å²) in [6.45, 7) is 3.95. The Kier molecular flexibility index (Phi) is 8.73. The fraction of sp³-hybridized carbons (Fsp3) is 1.00. The lowest BCUT2D eigenvalue weighted by Gasteiger charge is -2.27. The van der Waals surface area contributed by atoms with Gasteiger partial charge >= 0.3 is 0 Å². The predicted octanol–water partition coefficient (Wildman–Crippen LogP) is 0.832. The standard InChI is InChI=1S/C14H30N2O4S/c1-13(12-20-3)16(9-10-19-2)21(17,18)11-5-4-8-15-14-6-7-14/h13-15H,4-12H2,1-3H3. The van der Waals surface area contributed by atoms with E-state index in [1.165, 1.54) is 17.1 Å². The average molecular weight is 322 g/mol. The van der Waals surface area contributed by atoms with Crippen molar-refractivity contribution in [2.75, 3.05) is 46.3 Å². The van der Waals surface area contributed by atoms with Crippen molar-refractivity contribution in [3.8, 4) is 0 Å². The fourth-order valence-electron chi connectivity index (χ4n) is 2.26. The van der Waals surface area contributed by atoms with Crippen LogP contribution in [0.1, 0.15) is 32.6 Å². The highest BCUT2D eigenvalue weighted by Gasteiger charge is 2.26. The number of sulfonamides is 1. The molecule has 0 aromatic rings. The smallest absolute Gasteiger partial charge is 0.214 e. The lowest BCUT2D eigenvalue weighted by molar-refractivity contribution is 0.119. The molecule has 0 radical (unpaired) electrons. The Morgan fingerprint density at radius 3 is 2.52 bits per heavy atom. The number of unbranched alkanes of at least 4 members (excludes halogenated alkanes) is 1. The van der Waals surface area contributed by atoms with Crippen molar-refractivity contribution in [3.05, 3.63) is 0 Å².